The van der Waals surface area contributed by atoms with Crippen LogP contribution in [0.2, 0.25) is 0 Å². The number of aromatic nitrogens is 1. The molecule has 0 aliphatic rings. The molecule has 2 aromatic rings. The predicted molar refractivity (Wildman–Crippen MR) is 70.4 cm³/mol. The number of nitrogens with zero attached hydrogens (tertiary/aromatic N) is 2. The van der Waals surface area contributed by atoms with Gasteiger partial charge in [-0.15, -0.1) is 11.3 Å². The number of rotatable bonds is 3. The zero-order chi connectivity index (χ0) is 15.5. The minimum atomic E-state index is -4.75. The lowest BCUT2D eigenvalue weighted by Gasteiger charge is -2.08. The van der Waals surface area contributed by atoms with E-state index in [-0.39, 0.29) is 12.0 Å². The maximum Gasteiger partial charge on any atom is 0.484 e. The molecule has 8 heteroatoms. The number of nitrogens with one attached hydrogen (secondary N) is 1. The molecular formula is C13H8F3N3OS. The quantitative estimate of drug-likeness (QED) is 0.886. The highest BCUT2D eigenvalue weighted by atomic mass is 32.1. The van der Waals surface area contributed by atoms with Crippen LogP contribution in [0.3, 0.4) is 0 Å². The second-order valence-electron chi connectivity index (χ2n) is 3.99. The van der Waals surface area contributed by atoms with Crippen LogP contribution in [0.25, 0.3) is 11.3 Å². The van der Waals surface area contributed by atoms with Gasteiger partial charge in [0.05, 0.1) is 18.2 Å². The molecule has 0 unspecified atom stereocenters. The Bertz CT molecular complexity index is 686. The Labute approximate surface area is 121 Å². The standard InChI is InChI=1S/C13H8F3N3OS/c14-13(15,16)19-12(20)9-3-1-8(2-4-9)10-7-21-11(18-10)5-6-17/h1-4,7H,5H2,(H,19,20). The summed E-state index contributed by atoms with van der Waals surface area (Å²) >= 11 is 1.33. The molecule has 0 saturated heterocycles. The molecule has 0 fully saturated rings. The van der Waals surface area contributed by atoms with E-state index in [2.05, 4.69) is 4.98 Å². The van der Waals surface area contributed by atoms with Crippen LogP contribution in [0.15, 0.2) is 29.6 Å². The smallest absolute Gasteiger partial charge is 0.269 e. The van der Waals surface area contributed by atoms with Gasteiger partial charge in [0.2, 0.25) is 0 Å². The Morgan fingerprint density at radius 2 is 2.00 bits per heavy atom. The number of hydrogen-bond donors (Lipinski definition) is 1. The molecule has 4 nitrogen and oxygen atoms in total. The van der Waals surface area contributed by atoms with Crippen molar-refractivity contribution < 1.29 is 18.0 Å². The normalized spacial score (nSPS) is 11.0. The molecule has 1 aromatic heterocycles. The van der Waals surface area contributed by atoms with Crippen molar-refractivity contribution in [3.8, 4) is 17.3 Å². The summed E-state index contributed by atoms with van der Waals surface area (Å²) in [7, 11) is 0. The van der Waals surface area contributed by atoms with Gasteiger partial charge in [-0.3, -0.25) is 10.1 Å². The first-order valence-corrected chi connectivity index (χ1v) is 6.58. The molecule has 0 radical (unpaired) electrons. The van der Waals surface area contributed by atoms with E-state index in [1.54, 1.807) is 5.38 Å². The summed E-state index contributed by atoms with van der Waals surface area (Å²) in [5.74, 6) is -1.21. The molecule has 0 aliphatic heterocycles. The second kappa shape index (κ2) is 5.93. The number of benzene rings is 1. The summed E-state index contributed by atoms with van der Waals surface area (Å²) in [4.78, 5) is 15.5. The number of thiazole rings is 1. The number of alkyl halides is 3. The fourth-order valence-corrected chi connectivity index (χ4v) is 2.32. The fourth-order valence-electron chi connectivity index (χ4n) is 1.59. The highest BCUT2D eigenvalue weighted by molar-refractivity contribution is 7.10. The summed E-state index contributed by atoms with van der Waals surface area (Å²) in [5, 5.41) is 11.9. The second-order valence-corrected chi connectivity index (χ2v) is 4.93. The van der Waals surface area contributed by atoms with Crippen LogP contribution in [0.1, 0.15) is 15.4 Å². The van der Waals surface area contributed by atoms with Crippen molar-refractivity contribution >= 4 is 17.2 Å². The minimum Gasteiger partial charge on any atom is -0.269 e. The van der Waals surface area contributed by atoms with Gasteiger partial charge in [0.15, 0.2) is 0 Å². The topological polar surface area (TPSA) is 65.8 Å². The van der Waals surface area contributed by atoms with Crippen LogP contribution in [0.5, 0.6) is 0 Å². The minimum absolute atomic E-state index is 0.0939. The maximum absolute atomic E-state index is 12.0. The van der Waals surface area contributed by atoms with Gasteiger partial charge in [0.25, 0.3) is 5.91 Å². The van der Waals surface area contributed by atoms with Crippen LogP contribution >= 0.6 is 11.3 Å². The molecule has 108 valence electrons. The van der Waals surface area contributed by atoms with Crippen LogP contribution in [-0.4, -0.2) is 17.2 Å². The Morgan fingerprint density at radius 3 is 2.57 bits per heavy atom. The van der Waals surface area contributed by atoms with Crippen molar-refractivity contribution in [2.45, 2.75) is 12.7 Å². The third-order valence-electron chi connectivity index (χ3n) is 2.48. The molecule has 1 heterocycles. The van der Waals surface area contributed by atoms with Crippen LogP contribution in [-0.2, 0) is 6.42 Å². The van der Waals surface area contributed by atoms with Gasteiger partial charge in [-0.05, 0) is 12.1 Å². The van der Waals surface area contributed by atoms with E-state index in [9.17, 15) is 18.0 Å². The van der Waals surface area contributed by atoms with Crippen molar-refractivity contribution in [1.29, 1.82) is 5.26 Å². The summed E-state index contributed by atoms with van der Waals surface area (Å²) < 4.78 is 36.1. The lowest BCUT2D eigenvalue weighted by Crippen LogP contribution is -2.37. The number of hydrogen-bond acceptors (Lipinski definition) is 4. The summed E-state index contributed by atoms with van der Waals surface area (Å²) in [6.45, 7) is 0. The molecular weight excluding hydrogens is 303 g/mol. The number of halogens is 3. The van der Waals surface area contributed by atoms with Crippen molar-refractivity contribution in [2.75, 3.05) is 0 Å². The number of amides is 1. The van der Waals surface area contributed by atoms with Gasteiger partial charge >= 0.3 is 6.30 Å². The largest absolute Gasteiger partial charge is 0.484 e. The highest BCUT2D eigenvalue weighted by Gasteiger charge is 2.30. The first kappa shape index (κ1) is 15.0. The van der Waals surface area contributed by atoms with E-state index in [1.165, 1.54) is 35.6 Å². The zero-order valence-electron chi connectivity index (χ0n) is 10.4. The Hall–Kier alpha value is -2.40. The molecule has 21 heavy (non-hydrogen) atoms. The monoisotopic (exact) mass is 311 g/mol. The molecule has 1 aromatic carbocycles. The van der Waals surface area contributed by atoms with Gasteiger partial charge in [-0.2, -0.15) is 18.4 Å². The Balaban J connectivity index is 2.15. The third kappa shape index (κ3) is 4.03. The first-order valence-electron chi connectivity index (χ1n) is 5.70. The fraction of sp³-hybridized carbons (Fsp3) is 0.154. The van der Waals surface area contributed by atoms with Gasteiger partial charge in [0.1, 0.15) is 5.01 Å². The van der Waals surface area contributed by atoms with Crippen LogP contribution in [0, 0.1) is 11.3 Å². The molecule has 0 saturated carbocycles. The third-order valence-corrected chi connectivity index (χ3v) is 3.33. The highest BCUT2D eigenvalue weighted by Crippen LogP contribution is 2.22. The van der Waals surface area contributed by atoms with E-state index in [1.807, 2.05) is 6.07 Å². The Morgan fingerprint density at radius 1 is 1.33 bits per heavy atom. The molecule has 2 rings (SSSR count). The van der Waals surface area contributed by atoms with E-state index >= 15 is 0 Å². The summed E-state index contributed by atoms with van der Waals surface area (Å²) in [6.07, 6.45) is -4.55. The first-order chi connectivity index (χ1) is 9.89. The van der Waals surface area contributed by atoms with Crippen LogP contribution < -0.4 is 5.32 Å². The molecule has 0 spiro atoms. The summed E-state index contributed by atoms with van der Waals surface area (Å²) in [6, 6.07) is 7.59. The van der Waals surface area contributed by atoms with E-state index < -0.39 is 12.2 Å². The Kier molecular flexibility index (Phi) is 4.23. The average molecular weight is 311 g/mol. The predicted octanol–water partition coefficient (Wildman–Crippen LogP) is 3.13. The van der Waals surface area contributed by atoms with Crippen molar-refractivity contribution in [2.24, 2.45) is 0 Å². The van der Waals surface area contributed by atoms with E-state index in [0.29, 0.717) is 16.3 Å². The van der Waals surface area contributed by atoms with Crippen molar-refractivity contribution in [3.05, 3.63) is 40.2 Å². The number of nitriles is 1. The van der Waals surface area contributed by atoms with E-state index in [4.69, 9.17) is 5.26 Å². The number of carbonyl (C=O) groups excluding carboxylic acids is 1. The lowest BCUT2D eigenvalue weighted by molar-refractivity contribution is -0.146. The summed E-state index contributed by atoms with van der Waals surface area (Å²) in [5.41, 5.74) is 1.19. The molecule has 1 amide bonds. The number of carbonyl (C=O) groups is 1. The zero-order valence-corrected chi connectivity index (χ0v) is 11.3. The molecule has 0 bridgehead atoms. The van der Waals surface area contributed by atoms with Crippen molar-refractivity contribution in [3.63, 3.8) is 0 Å². The van der Waals surface area contributed by atoms with Gasteiger partial charge in [-0.1, -0.05) is 12.1 Å². The average Bonchev–Trinajstić information content (AvgIpc) is 2.86. The molecule has 0 atom stereocenters. The molecule has 1 N–H and O–H groups in total. The maximum atomic E-state index is 12.0. The van der Waals surface area contributed by atoms with Gasteiger partial charge < -0.3 is 0 Å². The van der Waals surface area contributed by atoms with E-state index in [0.717, 1.165) is 5.32 Å². The lowest BCUT2D eigenvalue weighted by atomic mass is 10.1. The SMILES string of the molecule is N#CCc1nc(-c2ccc(C(=O)NC(F)(F)F)cc2)cs1. The molecule has 0 aliphatic carbocycles. The van der Waals surface area contributed by atoms with Crippen LogP contribution in [0.4, 0.5) is 13.2 Å². The van der Waals surface area contributed by atoms with Crippen molar-refractivity contribution in [1.82, 2.24) is 10.3 Å². The van der Waals surface area contributed by atoms with Gasteiger partial charge in [0, 0.05) is 16.5 Å². The van der Waals surface area contributed by atoms with Gasteiger partial charge in [-0.25, -0.2) is 4.98 Å².